The number of hydrogen-bond donors (Lipinski definition) is 1. The summed E-state index contributed by atoms with van der Waals surface area (Å²) in [6, 6.07) is 14.9. The molecule has 1 aliphatic heterocycles. The zero-order valence-electron chi connectivity index (χ0n) is 13.1. The molecule has 2 aromatic rings. The third-order valence-electron chi connectivity index (χ3n) is 3.77. The number of benzene rings is 2. The summed E-state index contributed by atoms with van der Waals surface area (Å²) in [7, 11) is 0. The van der Waals surface area contributed by atoms with Crippen LogP contribution in [-0.2, 0) is 4.74 Å². The molecule has 0 radical (unpaired) electrons. The van der Waals surface area contributed by atoms with E-state index in [1.807, 2.05) is 24.3 Å². The van der Waals surface area contributed by atoms with Gasteiger partial charge in [0.15, 0.2) is 0 Å². The van der Waals surface area contributed by atoms with Crippen molar-refractivity contribution in [3.63, 3.8) is 0 Å². The number of nitrogens with one attached hydrogen (secondary N) is 1. The molecule has 0 aliphatic carbocycles. The molecule has 0 atom stereocenters. The predicted octanol–water partition coefficient (Wildman–Crippen LogP) is 2.94. The van der Waals surface area contributed by atoms with Crippen molar-refractivity contribution in [1.29, 1.82) is 0 Å². The Bertz CT molecular complexity index is 725. The van der Waals surface area contributed by atoms with E-state index in [0.717, 1.165) is 37.6 Å². The van der Waals surface area contributed by atoms with E-state index >= 15 is 0 Å². The maximum atomic E-state index is 12.0. The average Bonchev–Trinajstić information content (AvgIpc) is 2.63. The van der Waals surface area contributed by atoms with Gasteiger partial charge in [0.25, 0.3) is 5.91 Å². The molecule has 5 nitrogen and oxygen atoms in total. The fourth-order valence-corrected chi connectivity index (χ4v) is 2.69. The quantitative estimate of drug-likeness (QED) is 0.686. The van der Waals surface area contributed by atoms with Crippen LogP contribution in [0.1, 0.15) is 15.9 Å². The smallest absolute Gasteiger partial charge is 0.272 e. The lowest BCUT2D eigenvalue weighted by molar-refractivity contribution is 0.0955. The Labute approximate surface area is 145 Å². The third kappa shape index (κ3) is 4.13. The van der Waals surface area contributed by atoms with Gasteiger partial charge in [0, 0.05) is 18.8 Å². The second kappa shape index (κ2) is 7.95. The maximum absolute atomic E-state index is 12.0. The Balaban J connectivity index is 1.58. The highest BCUT2D eigenvalue weighted by Crippen LogP contribution is 2.16. The van der Waals surface area contributed by atoms with Crippen molar-refractivity contribution in [2.45, 2.75) is 0 Å². The summed E-state index contributed by atoms with van der Waals surface area (Å²) >= 11 is 5.98. The Hall–Kier alpha value is -2.37. The monoisotopic (exact) mass is 343 g/mol. The van der Waals surface area contributed by atoms with Crippen molar-refractivity contribution in [2.75, 3.05) is 31.2 Å². The summed E-state index contributed by atoms with van der Waals surface area (Å²) in [6.45, 7) is 3.33. The summed E-state index contributed by atoms with van der Waals surface area (Å²) in [5.41, 5.74) is 4.96. The number of carbonyl (C=O) groups excluding carboxylic acids is 1. The SMILES string of the molecule is O=C(NN=Cc1ccc(N2CCOCC2)cc1)c1ccccc1Cl. The minimum Gasteiger partial charge on any atom is -0.378 e. The molecular formula is C18H18ClN3O2. The van der Waals surface area contributed by atoms with Gasteiger partial charge in [-0.2, -0.15) is 5.10 Å². The van der Waals surface area contributed by atoms with Gasteiger partial charge in [0.05, 0.1) is 30.0 Å². The number of morpholine rings is 1. The van der Waals surface area contributed by atoms with Gasteiger partial charge in [-0.25, -0.2) is 5.43 Å². The van der Waals surface area contributed by atoms with Crippen LogP contribution in [0.15, 0.2) is 53.6 Å². The van der Waals surface area contributed by atoms with Crippen LogP contribution in [0.25, 0.3) is 0 Å². The first kappa shape index (κ1) is 16.5. The summed E-state index contributed by atoms with van der Waals surface area (Å²) in [5.74, 6) is -0.332. The number of rotatable bonds is 4. The molecule has 0 saturated carbocycles. The normalized spacial score (nSPS) is 14.8. The Morgan fingerprint density at radius 3 is 2.54 bits per heavy atom. The number of hydrogen-bond acceptors (Lipinski definition) is 4. The fraction of sp³-hybridized carbons (Fsp3) is 0.222. The van der Waals surface area contributed by atoms with Gasteiger partial charge >= 0.3 is 0 Å². The minimum atomic E-state index is -0.332. The molecular weight excluding hydrogens is 326 g/mol. The van der Waals surface area contributed by atoms with E-state index in [-0.39, 0.29) is 5.91 Å². The molecule has 1 aliphatic rings. The molecule has 3 rings (SSSR count). The van der Waals surface area contributed by atoms with E-state index in [9.17, 15) is 4.79 Å². The molecule has 1 amide bonds. The number of ether oxygens (including phenoxy) is 1. The van der Waals surface area contributed by atoms with E-state index in [1.165, 1.54) is 0 Å². The van der Waals surface area contributed by atoms with Crippen LogP contribution < -0.4 is 10.3 Å². The average molecular weight is 344 g/mol. The lowest BCUT2D eigenvalue weighted by Gasteiger charge is -2.28. The van der Waals surface area contributed by atoms with E-state index in [0.29, 0.717) is 10.6 Å². The van der Waals surface area contributed by atoms with E-state index in [1.54, 1.807) is 30.5 Å². The van der Waals surface area contributed by atoms with Gasteiger partial charge in [-0.15, -0.1) is 0 Å². The third-order valence-corrected chi connectivity index (χ3v) is 4.10. The van der Waals surface area contributed by atoms with Crippen LogP contribution in [0.4, 0.5) is 5.69 Å². The number of halogens is 1. The Morgan fingerprint density at radius 2 is 1.83 bits per heavy atom. The standard InChI is InChI=1S/C18H18ClN3O2/c19-17-4-2-1-3-16(17)18(23)21-20-13-14-5-7-15(8-6-14)22-9-11-24-12-10-22/h1-8,13H,9-12H2,(H,21,23). The van der Waals surface area contributed by atoms with Gasteiger partial charge in [-0.3, -0.25) is 4.79 Å². The molecule has 24 heavy (non-hydrogen) atoms. The van der Waals surface area contributed by atoms with Crippen molar-refractivity contribution in [3.8, 4) is 0 Å². The summed E-state index contributed by atoms with van der Waals surface area (Å²) < 4.78 is 5.35. The van der Waals surface area contributed by atoms with Gasteiger partial charge in [0.2, 0.25) is 0 Å². The van der Waals surface area contributed by atoms with Crippen LogP contribution in [0, 0.1) is 0 Å². The zero-order valence-corrected chi connectivity index (χ0v) is 13.9. The van der Waals surface area contributed by atoms with Crippen LogP contribution in [0.5, 0.6) is 0 Å². The fourth-order valence-electron chi connectivity index (χ4n) is 2.46. The Kier molecular flexibility index (Phi) is 5.46. The first-order chi connectivity index (χ1) is 11.7. The van der Waals surface area contributed by atoms with Gasteiger partial charge < -0.3 is 9.64 Å². The predicted molar refractivity (Wildman–Crippen MR) is 96.0 cm³/mol. The zero-order chi connectivity index (χ0) is 16.8. The molecule has 1 saturated heterocycles. The molecule has 0 spiro atoms. The Morgan fingerprint density at radius 1 is 1.12 bits per heavy atom. The highest BCUT2D eigenvalue weighted by atomic mass is 35.5. The molecule has 0 bridgehead atoms. The van der Waals surface area contributed by atoms with Crippen molar-refractivity contribution in [2.24, 2.45) is 5.10 Å². The van der Waals surface area contributed by atoms with Crippen LogP contribution >= 0.6 is 11.6 Å². The molecule has 0 unspecified atom stereocenters. The highest BCUT2D eigenvalue weighted by molar-refractivity contribution is 6.33. The van der Waals surface area contributed by atoms with Crippen molar-refractivity contribution in [3.05, 3.63) is 64.7 Å². The molecule has 1 fully saturated rings. The molecule has 2 aromatic carbocycles. The first-order valence-corrected chi connectivity index (χ1v) is 8.12. The molecule has 1 N–H and O–H groups in total. The number of carbonyl (C=O) groups is 1. The minimum absolute atomic E-state index is 0.332. The van der Waals surface area contributed by atoms with Crippen LogP contribution in [0.3, 0.4) is 0 Å². The number of nitrogens with zero attached hydrogens (tertiary/aromatic N) is 2. The number of anilines is 1. The number of amides is 1. The highest BCUT2D eigenvalue weighted by Gasteiger charge is 2.10. The summed E-state index contributed by atoms with van der Waals surface area (Å²) in [5, 5.41) is 4.39. The van der Waals surface area contributed by atoms with Gasteiger partial charge in [0.1, 0.15) is 0 Å². The van der Waals surface area contributed by atoms with Gasteiger partial charge in [-0.05, 0) is 29.8 Å². The van der Waals surface area contributed by atoms with Crippen molar-refractivity contribution >= 4 is 29.4 Å². The van der Waals surface area contributed by atoms with E-state index in [4.69, 9.17) is 16.3 Å². The van der Waals surface area contributed by atoms with E-state index < -0.39 is 0 Å². The maximum Gasteiger partial charge on any atom is 0.272 e. The summed E-state index contributed by atoms with van der Waals surface area (Å²) in [6.07, 6.45) is 1.61. The number of hydrazone groups is 1. The van der Waals surface area contributed by atoms with Crippen LogP contribution in [0.2, 0.25) is 5.02 Å². The lowest BCUT2D eigenvalue weighted by atomic mass is 10.2. The van der Waals surface area contributed by atoms with Gasteiger partial charge in [-0.1, -0.05) is 35.9 Å². The van der Waals surface area contributed by atoms with E-state index in [2.05, 4.69) is 15.4 Å². The van der Waals surface area contributed by atoms with Crippen molar-refractivity contribution < 1.29 is 9.53 Å². The topological polar surface area (TPSA) is 53.9 Å². The molecule has 0 aromatic heterocycles. The largest absolute Gasteiger partial charge is 0.378 e. The lowest BCUT2D eigenvalue weighted by Crippen LogP contribution is -2.36. The second-order valence-electron chi connectivity index (χ2n) is 5.37. The molecule has 1 heterocycles. The van der Waals surface area contributed by atoms with Crippen molar-refractivity contribution in [1.82, 2.24) is 5.43 Å². The second-order valence-corrected chi connectivity index (χ2v) is 5.78. The molecule has 6 heteroatoms. The first-order valence-electron chi connectivity index (χ1n) is 7.75. The van der Waals surface area contributed by atoms with Crippen LogP contribution in [-0.4, -0.2) is 38.4 Å². The summed E-state index contributed by atoms with van der Waals surface area (Å²) in [4.78, 5) is 14.3. The molecule has 124 valence electrons.